The van der Waals surface area contributed by atoms with Gasteiger partial charge in [0.15, 0.2) is 0 Å². The molecule has 0 saturated heterocycles. The number of hydrogen-bond donors (Lipinski definition) is 1. The van der Waals surface area contributed by atoms with Crippen LogP contribution in [0.1, 0.15) is 50.2 Å². The number of aryl methyl sites for hydroxylation is 1. The van der Waals surface area contributed by atoms with Gasteiger partial charge in [0, 0.05) is 6.54 Å². The Morgan fingerprint density at radius 2 is 1.65 bits per heavy atom. The van der Waals surface area contributed by atoms with Crippen LogP contribution < -0.4 is 5.32 Å². The Morgan fingerprint density at radius 1 is 1.00 bits per heavy atom. The molecule has 0 radical (unpaired) electrons. The van der Waals surface area contributed by atoms with E-state index in [9.17, 15) is 0 Å². The Hall–Kier alpha value is -0.820. The van der Waals surface area contributed by atoms with Crippen molar-refractivity contribution in [1.82, 2.24) is 5.32 Å². The molecule has 94 valence electrons. The first kappa shape index (κ1) is 12.6. The maximum Gasteiger partial charge on any atom is 0.0205 e. The molecular weight excluding hydrogens is 206 g/mol. The molecule has 1 aliphatic rings. The second kappa shape index (κ2) is 6.80. The van der Waals surface area contributed by atoms with Gasteiger partial charge >= 0.3 is 0 Å². The van der Waals surface area contributed by atoms with E-state index in [0.29, 0.717) is 0 Å². The Bertz CT molecular complexity index is 309. The monoisotopic (exact) mass is 231 g/mol. The van der Waals surface area contributed by atoms with Gasteiger partial charge in [-0.1, -0.05) is 50.5 Å². The van der Waals surface area contributed by atoms with Gasteiger partial charge in [-0.3, -0.25) is 0 Å². The molecule has 0 heterocycles. The van der Waals surface area contributed by atoms with Crippen LogP contribution in [0.25, 0.3) is 0 Å². The van der Waals surface area contributed by atoms with Crippen molar-refractivity contribution in [2.24, 2.45) is 5.92 Å². The van der Waals surface area contributed by atoms with Gasteiger partial charge in [0.2, 0.25) is 0 Å². The van der Waals surface area contributed by atoms with Crippen LogP contribution in [-0.4, -0.2) is 6.54 Å². The standard InChI is InChI=1S/C16H25N/c1-2-14-8-10-16(11-9-14)13-17-12-15-6-4-3-5-7-15/h8-11,15,17H,2-7,12-13H2,1H3. The van der Waals surface area contributed by atoms with E-state index in [4.69, 9.17) is 0 Å². The summed E-state index contributed by atoms with van der Waals surface area (Å²) in [6.07, 6.45) is 8.34. The molecule has 0 amide bonds. The van der Waals surface area contributed by atoms with E-state index in [1.807, 2.05) is 0 Å². The SMILES string of the molecule is CCc1ccc(CNCC2CCCCC2)cc1. The molecule has 1 heteroatoms. The topological polar surface area (TPSA) is 12.0 Å². The van der Waals surface area contributed by atoms with Crippen molar-refractivity contribution >= 4 is 0 Å². The van der Waals surface area contributed by atoms with Crippen molar-refractivity contribution in [1.29, 1.82) is 0 Å². The molecule has 0 aliphatic heterocycles. The second-order valence-corrected chi connectivity index (χ2v) is 5.30. The molecule has 1 N–H and O–H groups in total. The molecule has 0 unspecified atom stereocenters. The summed E-state index contributed by atoms with van der Waals surface area (Å²) in [5, 5.41) is 3.61. The molecule has 1 fully saturated rings. The first-order chi connectivity index (χ1) is 8.38. The first-order valence-electron chi connectivity index (χ1n) is 7.17. The van der Waals surface area contributed by atoms with Gasteiger partial charge in [-0.25, -0.2) is 0 Å². The number of nitrogens with one attached hydrogen (secondary N) is 1. The van der Waals surface area contributed by atoms with E-state index in [2.05, 4.69) is 36.5 Å². The molecule has 0 spiro atoms. The van der Waals surface area contributed by atoms with Crippen LogP contribution >= 0.6 is 0 Å². The lowest BCUT2D eigenvalue weighted by Gasteiger charge is -2.21. The Labute approximate surface area is 106 Å². The third kappa shape index (κ3) is 4.16. The third-order valence-corrected chi connectivity index (χ3v) is 3.92. The van der Waals surface area contributed by atoms with Gasteiger partial charge in [-0.2, -0.15) is 0 Å². The lowest BCUT2D eigenvalue weighted by molar-refractivity contribution is 0.342. The number of benzene rings is 1. The predicted molar refractivity (Wildman–Crippen MR) is 74.1 cm³/mol. The molecule has 0 aromatic heterocycles. The molecule has 1 nitrogen and oxygen atoms in total. The maximum absolute atomic E-state index is 3.61. The van der Waals surface area contributed by atoms with Gasteiger partial charge in [0.05, 0.1) is 0 Å². The maximum atomic E-state index is 3.61. The highest BCUT2D eigenvalue weighted by molar-refractivity contribution is 5.22. The molecule has 0 bridgehead atoms. The van der Waals surface area contributed by atoms with Crippen LogP contribution in [0.5, 0.6) is 0 Å². The minimum Gasteiger partial charge on any atom is -0.312 e. The van der Waals surface area contributed by atoms with Crippen molar-refractivity contribution in [3.8, 4) is 0 Å². The van der Waals surface area contributed by atoms with Gasteiger partial charge < -0.3 is 5.32 Å². The highest BCUT2D eigenvalue weighted by atomic mass is 14.9. The van der Waals surface area contributed by atoms with Crippen molar-refractivity contribution in [3.63, 3.8) is 0 Å². The summed E-state index contributed by atoms with van der Waals surface area (Å²) in [6, 6.07) is 9.01. The molecule has 17 heavy (non-hydrogen) atoms. The smallest absolute Gasteiger partial charge is 0.0205 e. The van der Waals surface area contributed by atoms with Crippen LogP contribution in [0.15, 0.2) is 24.3 Å². The van der Waals surface area contributed by atoms with Gasteiger partial charge in [-0.05, 0) is 42.9 Å². The quantitative estimate of drug-likeness (QED) is 0.810. The highest BCUT2D eigenvalue weighted by Gasteiger charge is 2.12. The summed E-state index contributed by atoms with van der Waals surface area (Å²) >= 11 is 0. The second-order valence-electron chi connectivity index (χ2n) is 5.30. The van der Waals surface area contributed by atoms with E-state index in [1.165, 1.54) is 49.8 Å². The lowest BCUT2D eigenvalue weighted by atomic mass is 9.89. The lowest BCUT2D eigenvalue weighted by Crippen LogP contribution is -2.24. The molecule has 1 aromatic rings. The Kier molecular flexibility index (Phi) is 5.06. The zero-order valence-corrected chi connectivity index (χ0v) is 11.0. The largest absolute Gasteiger partial charge is 0.312 e. The normalized spacial score (nSPS) is 17.2. The minimum atomic E-state index is 0.929. The summed E-state index contributed by atoms with van der Waals surface area (Å²) in [6.45, 7) is 4.44. The van der Waals surface area contributed by atoms with Crippen LogP contribution in [-0.2, 0) is 13.0 Å². The van der Waals surface area contributed by atoms with Gasteiger partial charge in [0.1, 0.15) is 0 Å². The fourth-order valence-corrected chi connectivity index (χ4v) is 2.70. The van der Waals surface area contributed by atoms with Crippen LogP contribution in [0, 0.1) is 5.92 Å². The fraction of sp³-hybridized carbons (Fsp3) is 0.625. The molecule has 1 saturated carbocycles. The van der Waals surface area contributed by atoms with Crippen molar-refractivity contribution in [2.75, 3.05) is 6.54 Å². The molecule has 1 aliphatic carbocycles. The molecular formula is C16H25N. The van der Waals surface area contributed by atoms with Gasteiger partial charge in [0.25, 0.3) is 0 Å². The predicted octanol–water partition coefficient (Wildman–Crippen LogP) is 3.92. The van der Waals surface area contributed by atoms with Crippen molar-refractivity contribution in [2.45, 2.75) is 52.0 Å². The van der Waals surface area contributed by atoms with E-state index < -0.39 is 0 Å². The first-order valence-corrected chi connectivity index (χ1v) is 7.17. The van der Waals surface area contributed by atoms with Crippen LogP contribution in [0.2, 0.25) is 0 Å². The molecule has 1 aromatic carbocycles. The highest BCUT2D eigenvalue weighted by Crippen LogP contribution is 2.22. The van der Waals surface area contributed by atoms with Crippen molar-refractivity contribution < 1.29 is 0 Å². The Balaban J connectivity index is 1.69. The zero-order valence-electron chi connectivity index (χ0n) is 11.0. The summed E-state index contributed by atoms with van der Waals surface area (Å²) in [5.41, 5.74) is 2.85. The van der Waals surface area contributed by atoms with Crippen molar-refractivity contribution in [3.05, 3.63) is 35.4 Å². The zero-order chi connectivity index (χ0) is 11.9. The van der Waals surface area contributed by atoms with E-state index in [0.717, 1.165) is 18.9 Å². The molecule has 2 rings (SSSR count). The number of hydrogen-bond acceptors (Lipinski definition) is 1. The average molecular weight is 231 g/mol. The summed E-state index contributed by atoms with van der Waals surface area (Å²) in [4.78, 5) is 0. The minimum absolute atomic E-state index is 0.929. The Morgan fingerprint density at radius 3 is 2.29 bits per heavy atom. The van der Waals surface area contributed by atoms with E-state index in [1.54, 1.807) is 0 Å². The molecule has 0 atom stereocenters. The van der Waals surface area contributed by atoms with E-state index in [-0.39, 0.29) is 0 Å². The van der Waals surface area contributed by atoms with Crippen LogP contribution in [0.4, 0.5) is 0 Å². The summed E-state index contributed by atoms with van der Waals surface area (Å²) in [5.74, 6) is 0.929. The fourth-order valence-electron chi connectivity index (χ4n) is 2.70. The number of rotatable bonds is 5. The summed E-state index contributed by atoms with van der Waals surface area (Å²) < 4.78 is 0. The average Bonchev–Trinajstić information content (AvgIpc) is 2.41. The summed E-state index contributed by atoms with van der Waals surface area (Å²) in [7, 11) is 0. The van der Waals surface area contributed by atoms with Crippen LogP contribution in [0.3, 0.4) is 0 Å². The van der Waals surface area contributed by atoms with E-state index >= 15 is 0 Å². The third-order valence-electron chi connectivity index (χ3n) is 3.92. The van der Waals surface area contributed by atoms with Gasteiger partial charge in [-0.15, -0.1) is 0 Å².